The molecule has 0 radical (unpaired) electrons. The van der Waals surface area contributed by atoms with Crippen LogP contribution in [0.25, 0.3) is 0 Å². The van der Waals surface area contributed by atoms with E-state index in [9.17, 15) is 4.39 Å². The number of nitrogens with zero attached hydrogens (tertiary/aromatic N) is 1. The molecule has 3 rings (SSSR count). The van der Waals surface area contributed by atoms with E-state index >= 15 is 0 Å². The molecule has 2 saturated heterocycles. The van der Waals surface area contributed by atoms with Crippen LogP contribution in [0.4, 0.5) is 4.39 Å². The van der Waals surface area contributed by atoms with E-state index in [0.717, 1.165) is 32.7 Å². The van der Waals surface area contributed by atoms with E-state index in [1.165, 1.54) is 5.56 Å². The van der Waals surface area contributed by atoms with Gasteiger partial charge in [-0.25, -0.2) is 4.39 Å². The largest absolute Gasteiger partial charge is 0.316 e. The zero-order chi connectivity index (χ0) is 12.8. The zero-order valence-corrected chi connectivity index (χ0v) is 11.2. The third kappa shape index (κ3) is 1.86. The highest BCUT2D eigenvalue weighted by Crippen LogP contribution is 2.48. The van der Waals surface area contributed by atoms with Crippen LogP contribution in [0.5, 0.6) is 0 Å². The zero-order valence-electron chi connectivity index (χ0n) is 11.2. The van der Waals surface area contributed by atoms with E-state index in [0.29, 0.717) is 10.8 Å². The molecule has 2 heterocycles. The molecule has 0 saturated carbocycles. The fraction of sp³-hybridized carbons (Fsp3) is 0.600. The van der Waals surface area contributed by atoms with Gasteiger partial charge in [-0.3, -0.25) is 4.90 Å². The van der Waals surface area contributed by atoms with Crippen molar-refractivity contribution >= 4 is 0 Å². The maximum atomic E-state index is 12.9. The van der Waals surface area contributed by atoms with Crippen LogP contribution in [-0.2, 0) is 6.54 Å². The molecule has 1 aromatic carbocycles. The summed E-state index contributed by atoms with van der Waals surface area (Å²) in [5, 5.41) is 3.52. The van der Waals surface area contributed by atoms with Gasteiger partial charge in [0.15, 0.2) is 0 Å². The lowest BCUT2D eigenvalue weighted by Crippen LogP contribution is -2.34. The Kier molecular flexibility index (Phi) is 2.72. The Balaban J connectivity index is 1.71. The van der Waals surface area contributed by atoms with Crippen LogP contribution in [0.1, 0.15) is 19.4 Å². The fourth-order valence-corrected chi connectivity index (χ4v) is 3.54. The minimum atomic E-state index is -0.153. The number of hydrogen-bond donors (Lipinski definition) is 1. The molecule has 2 nitrogen and oxygen atoms in total. The van der Waals surface area contributed by atoms with Crippen LogP contribution >= 0.6 is 0 Å². The number of benzene rings is 1. The smallest absolute Gasteiger partial charge is 0.123 e. The molecule has 2 fully saturated rings. The van der Waals surface area contributed by atoms with Crippen LogP contribution in [0.15, 0.2) is 24.3 Å². The summed E-state index contributed by atoms with van der Waals surface area (Å²) in [6.45, 7) is 10.2. The molecule has 3 heteroatoms. The van der Waals surface area contributed by atoms with Crippen LogP contribution in [-0.4, -0.2) is 31.1 Å². The van der Waals surface area contributed by atoms with Crippen molar-refractivity contribution in [2.24, 2.45) is 10.8 Å². The molecule has 0 bridgehead atoms. The van der Waals surface area contributed by atoms with Gasteiger partial charge in [-0.1, -0.05) is 26.0 Å². The average Bonchev–Trinajstić information content (AvgIpc) is 2.69. The molecule has 2 aliphatic rings. The molecule has 1 N–H and O–H groups in total. The first-order valence-electron chi connectivity index (χ1n) is 6.68. The first-order valence-corrected chi connectivity index (χ1v) is 6.68. The summed E-state index contributed by atoms with van der Waals surface area (Å²) in [5.74, 6) is -0.153. The first-order chi connectivity index (χ1) is 8.51. The molecular weight excluding hydrogens is 227 g/mol. The third-order valence-corrected chi connectivity index (χ3v) is 4.95. The molecule has 2 aliphatic heterocycles. The summed E-state index contributed by atoms with van der Waals surface area (Å²) in [7, 11) is 0. The van der Waals surface area contributed by atoms with Gasteiger partial charge < -0.3 is 5.32 Å². The van der Waals surface area contributed by atoms with Crippen LogP contribution in [0.3, 0.4) is 0 Å². The molecule has 18 heavy (non-hydrogen) atoms. The SMILES string of the molecule is C[C@@]12CNC[C@]1(C)CN(Cc1ccc(F)cc1)C2. The minimum Gasteiger partial charge on any atom is -0.316 e. The van der Waals surface area contributed by atoms with E-state index in [-0.39, 0.29) is 5.82 Å². The van der Waals surface area contributed by atoms with Gasteiger partial charge in [-0.05, 0) is 17.7 Å². The van der Waals surface area contributed by atoms with E-state index in [1.807, 2.05) is 12.1 Å². The predicted octanol–water partition coefficient (Wildman–Crippen LogP) is 2.26. The number of hydrogen-bond acceptors (Lipinski definition) is 2. The molecule has 1 aromatic rings. The van der Waals surface area contributed by atoms with Crippen LogP contribution < -0.4 is 5.32 Å². The number of nitrogens with one attached hydrogen (secondary N) is 1. The number of rotatable bonds is 2. The Hall–Kier alpha value is -0.930. The van der Waals surface area contributed by atoms with E-state index in [4.69, 9.17) is 0 Å². The van der Waals surface area contributed by atoms with Gasteiger partial charge in [0, 0.05) is 43.6 Å². The number of fused-ring (bicyclic) bond motifs is 1. The molecule has 2 atom stereocenters. The second kappa shape index (κ2) is 4.04. The molecule has 0 amide bonds. The van der Waals surface area contributed by atoms with Gasteiger partial charge in [0.05, 0.1) is 0 Å². The van der Waals surface area contributed by atoms with Crippen molar-refractivity contribution in [2.75, 3.05) is 26.2 Å². The van der Waals surface area contributed by atoms with E-state index < -0.39 is 0 Å². The molecular formula is C15H21FN2. The monoisotopic (exact) mass is 248 g/mol. The summed E-state index contributed by atoms with van der Waals surface area (Å²) in [6.07, 6.45) is 0. The van der Waals surface area contributed by atoms with Crippen molar-refractivity contribution in [2.45, 2.75) is 20.4 Å². The lowest BCUT2D eigenvalue weighted by molar-refractivity contribution is 0.212. The van der Waals surface area contributed by atoms with E-state index in [1.54, 1.807) is 12.1 Å². The van der Waals surface area contributed by atoms with Crippen molar-refractivity contribution in [1.29, 1.82) is 0 Å². The highest BCUT2D eigenvalue weighted by Gasteiger charge is 2.54. The van der Waals surface area contributed by atoms with Gasteiger partial charge in [-0.2, -0.15) is 0 Å². The van der Waals surface area contributed by atoms with Gasteiger partial charge in [0.25, 0.3) is 0 Å². The van der Waals surface area contributed by atoms with Crippen LogP contribution in [0, 0.1) is 16.6 Å². The second-order valence-corrected chi connectivity index (χ2v) is 6.50. The maximum Gasteiger partial charge on any atom is 0.123 e. The quantitative estimate of drug-likeness (QED) is 0.863. The molecule has 98 valence electrons. The van der Waals surface area contributed by atoms with Crippen molar-refractivity contribution in [1.82, 2.24) is 10.2 Å². The second-order valence-electron chi connectivity index (χ2n) is 6.50. The lowest BCUT2D eigenvalue weighted by Gasteiger charge is -2.31. The van der Waals surface area contributed by atoms with E-state index in [2.05, 4.69) is 24.1 Å². The fourth-order valence-electron chi connectivity index (χ4n) is 3.54. The summed E-state index contributed by atoms with van der Waals surface area (Å²) in [5.41, 5.74) is 1.97. The Morgan fingerprint density at radius 1 is 1.11 bits per heavy atom. The Morgan fingerprint density at radius 3 is 2.22 bits per heavy atom. The highest BCUT2D eigenvalue weighted by molar-refractivity contribution is 5.17. The third-order valence-electron chi connectivity index (χ3n) is 4.95. The summed E-state index contributed by atoms with van der Waals surface area (Å²) in [4.78, 5) is 2.51. The topological polar surface area (TPSA) is 15.3 Å². The molecule has 0 unspecified atom stereocenters. The number of halogens is 1. The minimum absolute atomic E-state index is 0.153. The standard InChI is InChI=1S/C15H21FN2/c1-14-8-17-9-15(14,2)11-18(10-14)7-12-3-5-13(16)6-4-12/h3-6,17H,7-11H2,1-2H3/t14-,15+. The Morgan fingerprint density at radius 2 is 1.67 bits per heavy atom. The van der Waals surface area contributed by atoms with Crippen LogP contribution in [0.2, 0.25) is 0 Å². The molecule has 0 aliphatic carbocycles. The van der Waals surface area contributed by atoms with Crippen molar-refractivity contribution in [3.8, 4) is 0 Å². The van der Waals surface area contributed by atoms with Crippen molar-refractivity contribution in [3.63, 3.8) is 0 Å². The Bertz CT molecular complexity index is 426. The maximum absolute atomic E-state index is 12.9. The summed E-state index contributed by atoms with van der Waals surface area (Å²) < 4.78 is 12.9. The van der Waals surface area contributed by atoms with Crippen molar-refractivity contribution < 1.29 is 4.39 Å². The first kappa shape index (κ1) is 12.1. The van der Waals surface area contributed by atoms with Gasteiger partial charge in [-0.15, -0.1) is 0 Å². The van der Waals surface area contributed by atoms with Gasteiger partial charge in [0.1, 0.15) is 5.82 Å². The summed E-state index contributed by atoms with van der Waals surface area (Å²) >= 11 is 0. The van der Waals surface area contributed by atoms with Gasteiger partial charge >= 0.3 is 0 Å². The normalized spacial score (nSPS) is 35.9. The lowest BCUT2D eigenvalue weighted by atomic mass is 9.71. The molecule has 0 spiro atoms. The predicted molar refractivity (Wildman–Crippen MR) is 70.8 cm³/mol. The Labute approximate surface area is 108 Å². The van der Waals surface area contributed by atoms with Crippen molar-refractivity contribution in [3.05, 3.63) is 35.6 Å². The molecule has 0 aromatic heterocycles. The summed E-state index contributed by atoms with van der Waals surface area (Å²) in [6, 6.07) is 6.90. The van der Waals surface area contributed by atoms with Gasteiger partial charge in [0.2, 0.25) is 0 Å². The average molecular weight is 248 g/mol. The number of likely N-dealkylation sites (tertiary alicyclic amines) is 1. The highest BCUT2D eigenvalue weighted by atomic mass is 19.1.